The largest absolute Gasteiger partial charge is 0.441 e. The van der Waals surface area contributed by atoms with E-state index in [-0.39, 0.29) is 12.1 Å². The maximum absolute atomic E-state index is 12.5. The summed E-state index contributed by atoms with van der Waals surface area (Å²) in [4.78, 5) is 33.3. The molecule has 138 valence electrons. The fourth-order valence-electron chi connectivity index (χ4n) is 3.62. The van der Waals surface area contributed by atoms with Crippen LogP contribution in [-0.2, 0) is 17.7 Å². The van der Waals surface area contributed by atoms with Crippen molar-refractivity contribution < 1.29 is 14.3 Å². The molecule has 1 spiro atoms. The van der Waals surface area contributed by atoms with Crippen LogP contribution in [-0.4, -0.2) is 59.2 Å². The van der Waals surface area contributed by atoms with E-state index < -0.39 is 5.60 Å². The van der Waals surface area contributed by atoms with Crippen molar-refractivity contribution in [3.8, 4) is 0 Å². The van der Waals surface area contributed by atoms with Gasteiger partial charge in [-0.1, -0.05) is 6.92 Å². The Balaban J connectivity index is 1.55. The summed E-state index contributed by atoms with van der Waals surface area (Å²) in [6, 6.07) is -0.0529. The summed E-state index contributed by atoms with van der Waals surface area (Å²) in [5.41, 5.74) is 0.643. The third-order valence-electron chi connectivity index (χ3n) is 4.95. The number of carbonyl (C=O) groups is 2. The van der Waals surface area contributed by atoms with Crippen LogP contribution in [0.25, 0.3) is 0 Å². The molecule has 1 N–H and O–H groups in total. The average molecular weight is 366 g/mol. The first-order valence-electron chi connectivity index (χ1n) is 8.84. The Morgan fingerprint density at radius 2 is 2.20 bits per heavy atom. The second-order valence-corrected chi connectivity index (χ2v) is 8.15. The number of rotatable bonds is 3. The minimum atomic E-state index is -0.426. The molecule has 0 unspecified atom stereocenters. The van der Waals surface area contributed by atoms with Crippen molar-refractivity contribution in [1.29, 1.82) is 0 Å². The lowest BCUT2D eigenvalue weighted by Gasteiger charge is -2.25. The lowest BCUT2D eigenvalue weighted by Crippen LogP contribution is -2.41. The first-order chi connectivity index (χ1) is 11.9. The molecule has 2 aliphatic rings. The van der Waals surface area contributed by atoms with Crippen molar-refractivity contribution in [3.05, 3.63) is 15.6 Å². The van der Waals surface area contributed by atoms with E-state index in [1.165, 1.54) is 0 Å². The molecular formula is C17H26N4O3S. The molecule has 7 nitrogen and oxygen atoms in total. The summed E-state index contributed by atoms with van der Waals surface area (Å²) in [5.74, 6) is 0. The van der Waals surface area contributed by atoms with E-state index in [0.717, 1.165) is 34.8 Å². The van der Waals surface area contributed by atoms with Crippen molar-refractivity contribution in [2.24, 2.45) is 0 Å². The fraction of sp³-hybridized carbons (Fsp3) is 0.706. The highest BCUT2D eigenvalue weighted by Gasteiger charge is 2.44. The molecule has 3 amide bonds. The average Bonchev–Trinajstić information content (AvgIpc) is 2.98. The number of nitrogens with zero attached hydrogens (tertiary/aromatic N) is 3. The Hall–Kier alpha value is -1.83. The van der Waals surface area contributed by atoms with Gasteiger partial charge in [0, 0.05) is 31.4 Å². The summed E-state index contributed by atoms with van der Waals surface area (Å²) < 4.78 is 5.59. The van der Waals surface area contributed by atoms with E-state index in [2.05, 4.69) is 17.2 Å². The normalized spacial score (nSPS) is 23.7. The van der Waals surface area contributed by atoms with Gasteiger partial charge in [-0.3, -0.25) is 0 Å². The zero-order valence-corrected chi connectivity index (χ0v) is 15.9. The van der Waals surface area contributed by atoms with Crippen LogP contribution in [0, 0.1) is 6.92 Å². The zero-order chi connectivity index (χ0) is 18.0. The second kappa shape index (κ2) is 7.19. The third kappa shape index (κ3) is 3.89. The molecule has 3 rings (SSSR count). The van der Waals surface area contributed by atoms with Gasteiger partial charge in [0.15, 0.2) is 0 Å². The molecule has 1 aromatic heterocycles. The number of thiazole rings is 1. The van der Waals surface area contributed by atoms with Gasteiger partial charge in [0.25, 0.3) is 0 Å². The number of urea groups is 1. The monoisotopic (exact) mass is 366 g/mol. The number of nitrogens with one attached hydrogen (secondary N) is 1. The Labute approximate surface area is 152 Å². The van der Waals surface area contributed by atoms with Crippen LogP contribution in [0.5, 0.6) is 0 Å². The summed E-state index contributed by atoms with van der Waals surface area (Å²) in [7, 11) is 1.76. The summed E-state index contributed by atoms with van der Waals surface area (Å²) in [5, 5.41) is 4.05. The Morgan fingerprint density at radius 3 is 2.88 bits per heavy atom. The number of hydrogen-bond acceptors (Lipinski definition) is 5. The van der Waals surface area contributed by atoms with Crippen molar-refractivity contribution in [2.75, 3.05) is 26.7 Å². The lowest BCUT2D eigenvalue weighted by molar-refractivity contribution is 0.0453. The topological polar surface area (TPSA) is 74.8 Å². The minimum absolute atomic E-state index is 0.0529. The van der Waals surface area contributed by atoms with E-state index in [0.29, 0.717) is 32.6 Å². The van der Waals surface area contributed by atoms with Gasteiger partial charge < -0.3 is 19.9 Å². The van der Waals surface area contributed by atoms with E-state index in [1.54, 1.807) is 23.3 Å². The number of carbonyl (C=O) groups excluding carboxylic acids is 2. The summed E-state index contributed by atoms with van der Waals surface area (Å²) in [6.07, 6.45) is 2.96. The van der Waals surface area contributed by atoms with Gasteiger partial charge >= 0.3 is 12.1 Å². The number of aromatic nitrogens is 1. The third-order valence-corrected chi connectivity index (χ3v) is 5.96. The quantitative estimate of drug-likeness (QED) is 0.892. The molecule has 0 bridgehead atoms. The standard InChI is InChI=1S/C17H26N4O3S/c1-4-13-14(25-12(2)19-13)10-18-15(22)21-8-5-6-17(7-9-21)11-20(3)16(23)24-17/h4-11H2,1-3H3,(H,18,22)/t17-/m0/s1. The van der Waals surface area contributed by atoms with Crippen molar-refractivity contribution in [2.45, 2.75) is 51.7 Å². The van der Waals surface area contributed by atoms with Crippen LogP contribution in [0.1, 0.15) is 41.8 Å². The molecule has 3 heterocycles. The smallest absolute Gasteiger partial charge is 0.410 e. The number of aryl methyl sites for hydroxylation is 2. The zero-order valence-electron chi connectivity index (χ0n) is 15.1. The predicted octanol–water partition coefficient (Wildman–Crippen LogP) is 2.53. The highest BCUT2D eigenvalue weighted by atomic mass is 32.1. The molecule has 8 heteroatoms. The molecular weight excluding hydrogens is 340 g/mol. The van der Waals surface area contributed by atoms with Crippen LogP contribution in [0.15, 0.2) is 0 Å². The second-order valence-electron chi connectivity index (χ2n) is 6.86. The van der Waals surface area contributed by atoms with Crippen LogP contribution in [0.3, 0.4) is 0 Å². The van der Waals surface area contributed by atoms with Crippen molar-refractivity contribution >= 4 is 23.5 Å². The Morgan fingerprint density at radius 1 is 1.40 bits per heavy atom. The number of hydrogen-bond donors (Lipinski definition) is 1. The molecule has 25 heavy (non-hydrogen) atoms. The van der Waals surface area contributed by atoms with Gasteiger partial charge in [-0.25, -0.2) is 14.6 Å². The van der Waals surface area contributed by atoms with Crippen LogP contribution < -0.4 is 5.32 Å². The molecule has 1 atom stereocenters. The molecule has 0 saturated carbocycles. The number of ether oxygens (including phenoxy) is 1. The maximum Gasteiger partial charge on any atom is 0.410 e. The van der Waals surface area contributed by atoms with Crippen LogP contribution in [0.2, 0.25) is 0 Å². The molecule has 1 aromatic rings. The predicted molar refractivity (Wildman–Crippen MR) is 95.7 cm³/mol. The Kier molecular flexibility index (Phi) is 5.17. The Bertz CT molecular complexity index is 662. The highest BCUT2D eigenvalue weighted by Crippen LogP contribution is 2.32. The summed E-state index contributed by atoms with van der Waals surface area (Å²) >= 11 is 1.64. The van der Waals surface area contributed by atoms with Gasteiger partial charge in [-0.05, 0) is 26.2 Å². The van der Waals surface area contributed by atoms with Crippen LogP contribution in [0.4, 0.5) is 9.59 Å². The lowest BCUT2D eigenvalue weighted by atomic mass is 9.95. The van der Waals surface area contributed by atoms with E-state index in [1.807, 2.05) is 11.8 Å². The van der Waals surface area contributed by atoms with E-state index >= 15 is 0 Å². The molecule has 2 saturated heterocycles. The summed E-state index contributed by atoms with van der Waals surface area (Å²) in [6.45, 7) is 6.50. The number of likely N-dealkylation sites (tertiary alicyclic amines) is 1. The number of likely N-dealkylation sites (N-methyl/N-ethyl adjacent to an activating group) is 1. The van der Waals surface area contributed by atoms with Gasteiger partial charge in [-0.15, -0.1) is 11.3 Å². The highest BCUT2D eigenvalue weighted by molar-refractivity contribution is 7.11. The SMILES string of the molecule is CCc1nc(C)sc1CNC(=O)N1CCC[C@]2(CC1)CN(C)C(=O)O2. The molecule has 0 aromatic carbocycles. The van der Waals surface area contributed by atoms with Gasteiger partial charge in [0.1, 0.15) is 5.60 Å². The van der Waals surface area contributed by atoms with Gasteiger partial charge in [0.05, 0.1) is 23.8 Å². The molecule has 2 aliphatic heterocycles. The van der Waals surface area contributed by atoms with Crippen molar-refractivity contribution in [3.63, 3.8) is 0 Å². The molecule has 0 radical (unpaired) electrons. The van der Waals surface area contributed by atoms with Crippen molar-refractivity contribution in [1.82, 2.24) is 20.1 Å². The fourth-order valence-corrected chi connectivity index (χ4v) is 4.58. The minimum Gasteiger partial charge on any atom is -0.441 e. The molecule has 0 aliphatic carbocycles. The maximum atomic E-state index is 12.5. The van der Waals surface area contributed by atoms with Gasteiger partial charge in [-0.2, -0.15) is 0 Å². The molecule has 2 fully saturated rings. The number of amides is 3. The van der Waals surface area contributed by atoms with Crippen LogP contribution >= 0.6 is 11.3 Å². The van der Waals surface area contributed by atoms with E-state index in [4.69, 9.17) is 4.74 Å². The first-order valence-corrected chi connectivity index (χ1v) is 9.66. The van der Waals surface area contributed by atoms with Gasteiger partial charge in [0.2, 0.25) is 0 Å². The van der Waals surface area contributed by atoms with E-state index in [9.17, 15) is 9.59 Å². The first kappa shape index (κ1) is 18.0.